The predicted molar refractivity (Wildman–Crippen MR) is 234 cm³/mol. The van der Waals surface area contributed by atoms with Crippen LogP contribution < -0.4 is 15.9 Å². The molecule has 0 saturated carbocycles. The van der Waals surface area contributed by atoms with Crippen LogP contribution in [-0.2, 0) is 4.57 Å². The number of fused-ring (bicyclic) bond motifs is 7. The van der Waals surface area contributed by atoms with Gasteiger partial charge in [0.2, 0.25) is 0 Å². The molecule has 0 radical (unpaired) electrons. The fourth-order valence-corrected chi connectivity index (χ4v) is 11.5. The van der Waals surface area contributed by atoms with Crippen LogP contribution in [0.1, 0.15) is 0 Å². The minimum absolute atomic E-state index is 0.596. The Bertz CT molecular complexity index is 3180. The van der Waals surface area contributed by atoms with Gasteiger partial charge in [0.15, 0.2) is 24.6 Å². The second-order valence-electron chi connectivity index (χ2n) is 14.3. The summed E-state index contributed by atoms with van der Waals surface area (Å²) in [6.45, 7) is 0. The molecule has 0 saturated heterocycles. The van der Waals surface area contributed by atoms with Crippen LogP contribution in [0, 0.1) is 0 Å². The van der Waals surface area contributed by atoms with Crippen molar-refractivity contribution in [1.82, 2.24) is 19.5 Å². The third kappa shape index (κ3) is 5.32. The van der Waals surface area contributed by atoms with E-state index < -0.39 is 7.14 Å². The van der Waals surface area contributed by atoms with Gasteiger partial charge in [-0.1, -0.05) is 164 Å². The largest absolute Gasteiger partial charge is 0.309 e. The molecule has 5 nitrogen and oxygen atoms in total. The molecule has 1 aliphatic rings. The maximum absolute atomic E-state index is 15.5. The zero-order valence-electron chi connectivity index (χ0n) is 30.7. The second-order valence-corrected chi connectivity index (χ2v) is 17.0. The van der Waals surface area contributed by atoms with Crippen molar-refractivity contribution in [3.63, 3.8) is 0 Å². The first-order valence-corrected chi connectivity index (χ1v) is 20.8. The SMILES string of the molecule is O=P1(c2ccccc2)c2ccccc2-c2c1ccc1c3ccccc3n(-c3ccc(-c4nc(-c5ccccc5)nc(-c5ccc(-c6ccccc6)cc5)n4)cc3)c21. The maximum Gasteiger partial charge on any atom is 0.172 e. The van der Waals surface area contributed by atoms with E-state index in [1.807, 2.05) is 84.9 Å². The Morgan fingerprint density at radius 1 is 0.386 bits per heavy atom. The Morgan fingerprint density at radius 3 is 1.54 bits per heavy atom. The lowest BCUT2D eigenvalue weighted by molar-refractivity contribution is 0.593. The number of aromatic nitrogens is 4. The molecular formula is C51H33N4OP. The molecule has 0 N–H and O–H groups in total. The lowest BCUT2D eigenvalue weighted by atomic mass is 10.0. The molecule has 0 amide bonds. The van der Waals surface area contributed by atoms with Gasteiger partial charge < -0.3 is 9.13 Å². The summed E-state index contributed by atoms with van der Waals surface area (Å²) in [5, 5.41) is 4.89. The summed E-state index contributed by atoms with van der Waals surface area (Å²) in [7, 11) is -3.12. The van der Waals surface area contributed by atoms with Crippen LogP contribution in [0.5, 0.6) is 0 Å². The van der Waals surface area contributed by atoms with Gasteiger partial charge in [-0.3, -0.25) is 0 Å². The second kappa shape index (κ2) is 13.2. The van der Waals surface area contributed by atoms with Crippen molar-refractivity contribution in [1.29, 1.82) is 0 Å². The van der Waals surface area contributed by atoms with Crippen LogP contribution in [0.15, 0.2) is 200 Å². The van der Waals surface area contributed by atoms with Gasteiger partial charge in [0.25, 0.3) is 0 Å². The van der Waals surface area contributed by atoms with Crippen LogP contribution in [0.25, 0.3) is 83.9 Å². The highest BCUT2D eigenvalue weighted by Crippen LogP contribution is 2.54. The van der Waals surface area contributed by atoms with Crippen molar-refractivity contribution in [3.05, 3.63) is 200 Å². The zero-order valence-corrected chi connectivity index (χ0v) is 31.6. The summed E-state index contributed by atoms with van der Waals surface area (Å²) in [5.74, 6) is 1.83. The molecule has 0 bridgehead atoms. The van der Waals surface area contributed by atoms with E-state index in [-0.39, 0.29) is 0 Å². The van der Waals surface area contributed by atoms with Crippen molar-refractivity contribution < 1.29 is 4.57 Å². The molecule has 3 heterocycles. The van der Waals surface area contributed by atoms with E-state index in [9.17, 15) is 0 Å². The summed E-state index contributed by atoms with van der Waals surface area (Å²) < 4.78 is 17.8. The van der Waals surface area contributed by atoms with Crippen LogP contribution >= 0.6 is 7.14 Å². The molecule has 8 aromatic carbocycles. The van der Waals surface area contributed by atoms with Crippen molar-refractivity contribution in [2.75, 3.05) is 0 Å². The fraction of sp³-hybridized carbons (Fsp3) is 0. The van der Waals surface area contributed by atoms with Crippen LogP contribution in [0.4, 0.5) is 0 Å². The van der Waals surface area contributed by atoms with Crippen molar-refractivity contribution in [3.8, 4) is 62.1 Å². The molecule has 6 heteroatoms. The lowest BCUT2D eigenvalue weighted by Crippen LogP contribution is -2.20. The van der Waals surface area contributed by atoms with Gasteiger partial charge in [-0.2, -0.15) is 0 Å². The number of rotatable bonds is 6. The van der Waals surface area contributed by atoms with E-state index >= 15 is 4.57 Å². The standard InChI is InChI=1S/C51H33N4OP/c56-57(40-18-8-3-9-19-40)45-23-13-11-21-43(45)47-46(57)33-32-42-41-20-10-12-22-44(41)55(48(42)47)39-30-28-38(29-31-39)51-53-49(36-16-6-2-7-17-36)52-50(54-51)37-26-24-35(25-27-37)34-14-4-1-5-15-34/h1-33H. The van der Waals surface area contributed by atoms with Gasteiger partial charge >= 0.3 is 0 Å². The minimum atomic E-state index is -3.12. The van der Waals surface area contributed by atoms with Crippen LogP contribution in [0.3, 0.4) is 0 Å². The van der Waals surface area contributed by atoms with Crippen molar-refractivity contribution in [2.45, 2.75) is 0 Å². The minimum Gasteiger partial charge on any atom is -0.309 e. The summed E-state index contributed by atoms with van der Waals surface area (Å²) >= 11 is 0. The first-order valence-electron chi connectivity index (χ1n) is 19.1. The topological polar surface area (TPSA) is 60.7 Å². The van der Waals surface area contributed by atoms with E-state index in [0.29, 0.717) is 17.5 Å². The molecule has 268 valence electrons. The van der Waals surface area contributed by atoms with Crippen LogP contribution in [-0.4, -0.2) is 19.5 Å². The molecular weight excluding hydrogens is 716 g/mol. The molecule has 11 rings (SSSR count). The number of hydrogen-bond donors (Lipinski definition) is 0. The Morgan fingerprint density at radius 2 is 0.877 bits per heavy atom. The maximum atomic E-state index is 15.5. The first-order chi connectivity index (χ1) is 28.1. The Balaban J connectivity index is 1.07. The van der Waals surface area contributed by atoms with Gasteiger partial charge in [-0.05, 0) is 53.1 Å². The highest BCUT2D eigenvalue weighted by Gasteiger charge is 2.41. The lowest BCUT2D eigenvalue weighted by Gasteiger charge is -2.16. The Kier molecular flexibility index (Phi) is 7.70. The Labute approximate surface area is 330 Å². The van der Waals surface area contributed by atoms with Crippen LogP contribution in [0.2, 0.25) is 0 Å². The summed E-state index contributed by atoms with van der Waals surface area (Å²) in [6, 6.07) is 68.2. The molecule has 2 aromatic heterocycles. The van der Waals surface area contributed by atoms with E-state index in [2.05, 4.69) is 120 Å². The van der Waals surface area contributed by atoms with E-state index in [1.54, 1.807) is 0 Å². The van der Waals surface area contributed by atoms with Crippen molar-refractivity contribution >= 4 is 44.9 Å². The first kappa shape index (κ1) is 33.2. The monoisotopic (exact) mass is 748 g/mol. The molecule has 0 fully saturated rings. The third-order valence-corrected chi connectivity index (χ3v) is 14.2. The van der Waals surface area contributed by atoms with E-state index in [0.717, 1.165) is 82.4 Å². The van der Waals surface area contributed by atoms with E-state index in [1.165, 1.54) is 0 Å². The van der Waals surface area contributed by atoms with Gasteiger partial charge in [0.05, 0.1) is 11.0 Å². The highest BCUT2D eigenvalue weighted by atomic mass is 31.2. The molecule has 10 aromatic rings. The number of para-hydroxylation sites is 1. The summed E-state index contributed by atoms with van der Waals surface area (Å²) in [6.07, 6.45) is 0. The fourth-order valence-electron chi connectivity index (χ4n) is 8.40. The zero-order chi connectivity index (χ0) is 37.9. The van der Waals surface area contributed by atoms with E-state index in [4.69, 9.17) is 15.0 Å². The normalized spacial score (nSPS) is 14.5. The van der Waals surface area contributed by atoms with Crippen molar-refractivity contribution in [2.24, 2.45) is 0 Å². The average molecular weight is 749 g/mol. The number of nitrogens with zero attached hydrogens (tertiary/aromatic N) is 4. The molecule has 1 unspecified atom stereocenters. The smallest absolute Gasteiger partial charge is 0.172 e. The average Bonchev–Trinajstić information content (AvgIpc) is 3.77. The predicted octanol–water partition coefficient (Wildman–Crippen LogP) is 11.3. The molecule has 1 atom stereocenters. The van der Waals surface area contributed by atoms with Gasteiger partial charge in [-0.15, -0.1) is 0 Å². The molecule has 0 aliphatic carbocycles. The molecule has 1 aliphatic heterocycles. The molecule has 0 spiro atoms. The molecule has 57 heavy (non-hydrogen) atoms. The van der Waals surface area contributed by atoms with Gasteiger partial charge in [0, 0.05) is 54.6 Å². The Hall–Kier alpha value is -7.20. The summed E-state index contributed by atoms with van der Waals surface area (Å²) in [4.78, 5) is 15.0. The third-order valence-electron chi connectivity index (χ3n) is 11.1. The quantitative estimate of drug-likeness (QED) is 0.159. The highest BCUT2D eigenvalue weighted by molar-refractivity contribution is 7.86. The van der Waals surface area contributed by atoms with Gasteiger partial charge in [-0.25, -0.2) is 15.0 Å². The number of benzene rings is 8. The summed E-state index contributed by atoms with van der Waals surface area (Å²) in [5.41, 5.74) is 10.2. The number of hydrogen-bond acceptors (Lipinski definition) is 4. The van der Waals surface area contributed by atoms with Gasteiger partial charge in [0.1, 0.15) is 0 Å².